The van der Waals surface area contributed by atoms with Crippen molar-refractivity contribution in [1.29, 1.82) is 0 Å². The number of carbonyl (C=O) groups excluding carboxylic acids is 1. The standard InChI is InChI=1S/C14H12FNO2/c1-9-8-10(6-7-13(9)17)16-14(18)11-4-2-3-5-12(11)15/h2-8,17H,1H3,(H,16,18). The van der Waals surface area contributed by atoms with Crippen molar-refractivity contribution >= 4 is 11.6 Å². The molecule has 0 bridgehead atoms. The molecule has 0 saturated carbocycles. The number of rotatable bonds is 2. The zero-order valence-electron chi connectivity index (χ0n) is 9.77. The van der Waals surface area contributed by atoms with Crippen molar-refractivity contribution in [2.75, 3.05) is 5.32 Å². The molecular weight excluding hydrogens is 233 g/mol. The molecule has 0 atom stereocenters. The molecule has 4 heteroatoms. The number of hydrogen-bond acceptors (Lipinski definition) is 2. The molecule has 0 spiro atoms. The number of phenols is 1. The molecule has 2 rings (SSSR count). The molecule has 0 fully saturated rings. The molecule has 0 radical (unpaired) electrons. The molecule has 0 saturated heterocycles. The second kappa shape index (κ2) is 4.87. The highest BCUT2D eigenvalue weighted by Gasteiger charge is 2.11. The quantitative estimate of drug-likeness (QED) is 0.799. The Morgan fingerprint density at radius 2 is 1.94 bits per heavy atom. The van der Waals surface area contributed by atoms with E-state index in [1.807, 2.05) is 0 Å². The van der Waals surface area contributed by atoms with Gasteiger partial charge in [0.25, 0.3) is 5.91 Å². The highest BCUT2D eigenvalue weighted by atomic mass is 19.1. The third kappa shape index (κ3) is 2.48. The summed E-state index contributed by atoms with van der Waals surface area (Å²) < 4.78 is 13.4. The Morgan fingerprint density at radius 1 is 1.22 bits per heavy atom. The summed E-state index contributed by atoms with van der Waals surface area (Å²) in [7, 11) is 0. The maximum Gasteiger partial charge on any atom is 0.258 e. The molecule has 1 amide bonds. The van der Waals surface area contributed by atoms with Crippen molar-refractivity contribution in [3.8, 4) is 5.75 Å². The van der Waals surface area contributed by atoms with E-state index in [0.717, 1.165) is 0 Å². The zero-order valence-corrected chi connectivity index (χ0v) is 9.77. The lowest BCUT2D eigenvalue weighted by Gasteiger charge is -2.07. The topological polar surface area (TPSA) is 49.3 Å². The van der Waals surface area contributed by atoms with Gasteiger partial charge in [0.1, 0.15) is 11.6 Å². The number of anilines is 1. The average molecular weight is 245 g/mol. The Bertz CT molecular complexity index is 596. The first-order valence-corrected chi connectivity index (χ1v) is 5.43. The molecule has 18 heavy (non-hydrogen) atoms. The molecule has 2 N–H and O–H groups in total. The van der Waals surface area contributed by atoms with Gasteiger partial charge in [0.15, 0.2) is 0 Å². The van der Waals surface area contributed by atoms with Crippen LogP contribution in [0.3, 0.4) is 0 Å². The van der Waals surface area contributed by atoms with E-state index >= 15 is 0 Å². The first-order valence-electron chi connectivity index (χ1n) is 5.43. The van der Waals surface area contributed by atoms with Crippen LogP contribution < -0.4 is 5.32 Å². The summed E-state index contributed by atoms with van der Waals surface area (Å²) in [5.74, 6) is -0.928. The number of aromatic hydroxyl groups is 1. The molecule has 0 aliphatic rings. The molecule has 3 nitrogen and oxygen atoms in total. The maximum absolute atomic E-state index is 13.4. The van der Waals surface area contributed by atoms with Crippen molar-refractivity contribution in [3.05, 3.63) is 59.4 Å². The van der Waals surface area contributed by atoms with Crippen molar-refractivity contribution < 1.29 is 14.3 Å². The number of carbonyl (C=O) groups is 1. The van der Waals surface area contributed by atoms with Crippen LogP contribution in [0.4, 0.5) is 10.1 Å². The van der Waals surface area contributed by atoms with Crippen LogP contribution in [0.2, 0.25) is 0 Å². The number of hydrogen-bond donors (Lipinski definition) is 2. The molecule has 2 aromatic rings. The Balaban J connectivity index is 2.22. The lowest BCUT2D eigenvalue weighted by Crippen LogP contribution is -2.13. The molecule has 0 heterocycles. The molecule has 0 aromatic heterocycles. The largest absolute Gasteiger partial charge is 0.508 e. The van der Waals surface area contributed by atoms with Gasteiger partial charge in [0.2, 0.25) is 0 Å². The number of halogens is 1. The van der Waals surface area contributed by atoms with Gasteiger partial charge in [-0.15, -0.1) is 0 Å². The first-order chi connectivity index (χ1) is 8.58. The minimum atomic E-state index is -0.564. The normalized spacial score (nSPS) is 10.1. The summed E-state index contributed by atoms with van der Waals surface area (Å²) in [6.07, 6.45) is 0. The second-order valence-electron chi connectivity index (χ2n) is 3.94. The van der Waals surface area contributed by atoms with Gasteiger partial charge in [-0.05, 0) is 42.8 Å². The van der Waals surface area contributed by atoms with Gasteiger partial charge < -0.3 is 10.4 Å². The van der Waals surface area contributed by atoms with Crippen molar-refractivity contribution in [3.63, 3.8) is 0 Å². The van der Waals surface area contributed by atoms with Gasteiger partial charge in [0.05, 0.1) is 5.56 Å². The Hall–Kier alpha value is -2.36. The van der Waals surface area contributed by atoms with E-state index < -0.39 is 11.7 Å². The van der Waals surface area contributed by atoms with Crippen LogP contribution in [0.5, 0.6) is 5.75 Å². The van der Waals surface area contributed by atoms with Crippen LogP contribution in [0.15, 0.2) is 42.5 Å². The van der Waals surface area contributed by atoms with Crippen LogP contribution in [0, 0.1) is 12.7 Å². The number of nitrogens with one attached hydrogen (secondary N) is 1. The fourth-order valence-electron chi connectivity index (χ4n) is 1.58. The number of aryl methyl sites for hydroxylation is 1. The summed E-state index contributed by atoms with van der Waals surface area (Å²) in [4.78, 5) is 11.8. The van der Waals surface area contributed by atoms with Gasteiger partial charge in [-0.1, -0.05) is 12.1 Å². The Kier molecular flexibility index (Phi) is 3.28. The highest BCUT2D eigenvalue weighted by Crippen LogP contribution is 2.20. The number of amides is 1. The minimum Gasteiger partial charge on any atom is -0.508 e. The van der Waals surface area contributed by atoms with Crippen molar-refractivity contribution in [1.82, 2.24) is 0 Å². The van der Waals surface area contributed by atoms with E-state index in [0.29, 0.717) is 11.3 Å². The lowest BCUT2D eigenvalue weighted by atomic mass is 10.1. The van der Waals surface area contributed by atoms with Gasteiger partial charge in [-0.25, -0.2) is 4.39 Å². The molecule has 0 aliphatic heterocycles. The highest BCUT2D eigenvalue weighted by molar-refractivity contribution is 6.04. The van der Waals surface area contributed by atoms with Crippen molar-refractivity contribution in [2.24, 2.45) is 0 Å². The van der Waals surface area contributed by atoms with E-state index in [1.54, 1.807) is 25.1 Å². The van der Waals surface area contributed by atoms with E-state index in [-0.39, 0.29) is 11.3 Å². The molecule has 2 aromatic carbocycles. The zero-order chi connectivity index (χ0) is 13.1. The second-order valence-corrected chi connectivity index (χ2v) is 3.94. The third-order valence-electron chi connectivity index (χ3n) is 2.57. The fraction of sp³-hybridized carbons (Fsp3) is 0.0714. The molecule has 0 aliphatic carbocycles. The Morgan fingerprint density at radius 3 is 2.61 bits per heavy atom. The van der Waals surface area contributed by atoms with Crippen molar-refractivity contribution in [2.45, 2.75) is 6.92 Å². The summed E-state index contributed by atoms with van der Waals surface area (Å²) in [5, 5.41) is 11.9. The first kappa shape index (κ1) is 12.1. The predicted octanol–water partition coefficient (Wildman–Crippen LogP) is 3.09. The summed E-state index contributed by atoms with van der Waals surface area (Å²) in [6, 6.07) is 10.4. The molecule has 0 unspecified atom stereocenters. The third-order valence-corrected chi connectivity index (χ3v) is 2.57. The van der Waals surface area contributed by atoms with Gasteiger partial charge in [0, 0.05) is 5.69 Å². The smallest absolute Gasteiger partial charge is 0.258 e. The van der Waals surface area contributed by atoms with Crippen LogP contribution in [-0.4, -0.2) is 11.0 Å². The fourth-order valence-corrected chi connectivity index (χ4v) is 1.58. The van der Waals surface area contributed by atoms with Crippen LogP contribution in [-0.2, 0) is 0 Å². The number of phenolic OH excluding ortho intramolecular Hbond substituents is 1. The van der Waals surface area contributed by atoms with Crippen LogP contribution in [0.1, 0.15) is 15.9 Å². The van der Waals surface area contributed by atoms with Gasteiger partial charge in [-0.3, -0.25) is 4.79 Å². The monoisotopic (exact) mass is 245 g/mol. The maximum atomic E-state index is 13.4. The minimum absolute atomic E-state index is 0.0109. The average Bonchev–Trinajstić information content (AvgIpc) is 2.34. The predicted molar refractivity (Wildman–Crippen MR) is 67.2 cm³/mol. The van der Waals surface area contributed by atoms with Crippen LogP contribution >= 0.6 is 0 Å². The molecule has 92 valence electrons. The van der Waals surface area contributed by atoms with Crippen LogP contribution in [0.25, 0.3) is 0 Å². The lowest BCUT2D eigenvalue weighted by molar-refractivity contribution is 0.102. The summed E-state index contributed by atoms with van der Waals surface area (Å²) in [6.45, 7) is 1.72. The van der Waals surface area contributed by atoms with Gasteiger partial charge >= 0.3 is 0 Å². The van der Waals surface area contributed by atoms with E-state index in [2.05, 4.69) is 5.32 Å². The van der Waals surface area contributed by atoms with E-state index in [9.17, 15) is 14.3 Å². The SMILES string of the molecule is Cc1cc(NC(=O)c2ccccc2F)ccc1O. The molecular formula is C14H12FNO2. The van der Waals surface area contributed by atoms with Gasteiger partial charge in [-0.2, -0.15) is 0 Å². The van der Waals surface area contributed by atoms with E-state index in [1.165, 1.54) is 24.3 Å². The van der Waals surface area contributed by atoms with E-state index in [4.69, 9.17) is 0 Å². The summed E-state index contributed by atoms with van der Waals surface area (Å²) in [5.41, 5.74) is 1.14. The number of benzene rings is 2. The Labute approximate surface area is 104 Å². The summed E-state index contributed by atoms with van der Waals surface area (Å²) >= 11 is 0.